The minimum absolute atomic E-state index is 0.109. The number of primary sulfonamides is 1. The second-order valence-corrected chi connectivity index (χ2v) is 9.20. The van der Waals surface area contributed by atoms with Crippen LogP contribution in [0.2, 0.25) is 0 Å². The number of sulfonamides is 1. The Hall–Kier alpha value is -3.24. The summed E-state index contributed by atoms with van der Waals surface area (Å²) in [5, 5.41) is 14.5. The Balaban J connectivity index is 1.62. The summed E-state index contributed by atoms with van der Waals surface area (Å²) in [6.45, 7) is 3.15. The van der Waals surface area contributed by atoms with Gasteiger partial charge in [-0.2, -0.15) is 0 Å². The van der Waals surface area contributed by atoms with Crippen molar-refractivity contribution in [3.8, 4) is 0 Å². The average Bonchev–Trinajstić information content (AvgIpc) is 3.30. The van der Waals surface area contributed by atoms with E-state index in [9.17, 15) is 13.2 Å². The summed E-state index contributed by atoms with van der Waals surface area (Å²) in [7, 11) is -2.04. The fraction of sp³-hybridized carbons (Fsp3) is 0.250. The normalized spacial score (nSPS) is 14.0. The average molecular weight is 424 g/mol. The van der Waals surface area contributed by atoms with E-state index in [2.05, 4.69) is 15.1 Å². The van der Waals surface area contributed by atoms with Gasteiger partial charge in [-0.15, -0.1) is 10.2 Å². The van der Waals surface area contributed by atoms with Crippen LogP contribution in [0.3, 0.4) is 0 Å². The number of fused-ring (bicyclic) bond motifs is 4. The first kappa shape index (κ1) is 18.8. The van der Waals surface area contributed by atoms with Gasteiger partial charge in [-0.05, 0) is 49.2 Å². The fourth-order valence-corrected chi connectivity index (χ4v) is 4.68. The van der Waals surface area contributed by atoms with Crippen LogP contribution in [-0.2, 0) is 30.0 Å². The molecule has 2 aromatic carbocycles. The molecular formula is C20H20N6O3S. The van der Waals surface area contributed by atoms with Gasteiger partial charge in [0.2, 0.25) is 15.8 Å². The first-order valence-corrected chi connectivity index (χ1v) is 11.0. The van der Waals surface area contributed by atoms with E-state index >= 15 is 0 Å². The SMILES string of the molecule is Cc1ccc2c(c1)c(=O)n(C)c1nnc(CN3CCc4cc(S(N)(=O)=O)ccc43)n21. The third-order valence-electron chi connectivity index (χ3n) is 5.64. The molecule has 0 amide bonds. The fourth-order valence-electron chi connectivity index (χ4n) is 4.12. The Morgan fingerprint density at radius 2 is 1.93 bits per heavy atom. The molecule has 4 aromatic rings. The number of nitrogens with zero attached hydrogens (tertiary/aromatic N) is 5. The van der Waals surface area contributed by atoms with Gasteiger partial charge >= 0.3 is 0 Å². The standard InChI is InChI=1S/C20H20N6O3S/c1-12-3-5-17-15(9-12)19(27)24(2)20-23-22-18(26(17)20)11-25-8-7-13-10-14(30(21,28)29)4-6-16(13)25/h3-6,9-10H,7-8,11H2,1-2H3,(H2,21,28,29). The van der Waals surface area contributed by atoms with Gasteiger partial charge in [0.05, 0.1) is 22.3 Å². The van der Waals surface area contributed by atoms with Gasteiger partial charge < -0.3 is 4.90 Å². The molecule has 0 unspecified atom stereocenters. The molecular weight excluding hydrogens is 404 g/mol. The largest absolute Gasteiger partial charge is 0.363 e. The summed E-state index contributed by atoms with van der Waals surface area (Å²) in [4.78, 5) is 15.0. The third kappa shape index (κ3) is 2.79. The molecule has 2 aromatic heterocycles. The van der Waals surface area contributed by atoms with E-state index in [-0.39, 0.29) is 10.5 Å². The summed E-state index contributed by atoms with van der Waals surface area (Å²) in [5.74, 6) is 1.19. The number of benzene rings is 2. The molecule has 1 aliphatic heterocycles. The monoisotopic (exact) mass is 424 g/mol. The molecule has 1 aliphatic rings. The summed E-state index contributed by atoms with van der Waals surface area (Å²) < 4.78 is 26.7. The van der Waals surface area contributed by atoms with Crippen molar-refractivity contribution in [1.29, 1.82) is 0 Å². The van der Waals surface area contributed by atoms with Crippen LogP contribution in [0.5, 0.6) is 0 Å². The lowest BCUT2D eigenvalue weighted by atomic mass is 10.1. The van der Waals surface area contributed by atoms with Crippen molar-refractivity contribution in [3.05, 3.63) is 63.7 Å². The smallest absolute Gasteiger partial charge is 0.262 e. The van der Waals surface area contributed by atoms with Crippen LogP contribution < -0.4 is 15.6 Å². The number of hydrogen-bond donors (Lipinski definition) is 1. The van der Waals surface area contributed by atoms with Crippen molar-refractivity contribution in [1.82, 2.24) is 19.2 Å². The maximum atomic E-state index is 12.7. The molecule has 10 heteroatoms. The topological polar surface area (TPSA) is 116 Å². The van der Waals surface area contributed by atoms with Crippen molar-refractivity contribution in [2.75, 3.05) is 11.4 Å². The molecule has 5 rings (SSSR count). The van der Waals surface area contributed by atoms with Gasteiger partial charge in [0.25, 0.3) is 5.56 Å². The van der Waals surface area contributed by atoms with E-state index < -0.39 is 10.0 Å². The Kier molecular flexibility index (Phi) is 3.99. The zero-order chi connectivity index (χ0) is 21.2. The van der Waals surface area contributed by atoms with E-state index in [0.29, 0.717) is 30.0 Å². The van der Waals surface area contributed by atoms with Crippen molar-refractivity contribution in [2.24, 2.45) is 12.2 Å². The highest BCUT2D eigenvalue weighted by Gasteiger charge is 2.24. The second-order valence-electron chi connectivity index (χ2n) is 7.64. The van der Waals surface area contributed by atoms with Crippen molar-refractivity contribution < 1.29 is 8.42 Å². The molecule has 154 valence electrons. The first-order chi connectivity index (χ1) is 14.2. The van der Waals surface area contributed by atoms with E-state index in [0.717, 1.165) is 28.9 Å². The Bertz CT molecular complexity index is 1500. The van der Waals surface area contributed by atoms with Crippen molar-refractivity contribution >= 4 is 32.4 Å². The van der Waals surface area contributed by atoms with Crippen LogP contribution in [0.15, 0.2) is 46.1 Å². The van der Waals surface area contributed by atoms with Gasteiger partial charge in [-0.3, -0.25) is 13.8 Å². The van der Waals surface area contributed by atoms with E-state index in [1.165, 1.54) is 10.6 Å². The van der Waals surface area contributed by atoms with Crippen LogP contribution in [0.1, 0.15) is 17.0 Å². The number of anilines is 1. The molecule has 0 radical (unpaired) electrons. The minimum atomic E-state index is -3.73. The van der Waals surface area contributed by atoms with Crippen LogP contribution in [-0.4, -0.2) is 34.1 Å². The zero-order valence-electron chi connectivity index (χ0n) is 16.5. The predicted molar refractivity (Wildman–Crippen MR) is 113 cm³/mol. The summed E-state index contributed by atoms with van der Waals surface area (Å²) in [6, 6.07) is 10.7. The van der Waals surface area contributed by atoms with Crippen LogP contribution >= 0.6 is 0 Å². The number of aromatic nitrogens is 4. The molecule has 0 atom stereocenters. The lowest BCUT2D eigenvalue weighted by molar-refractivity contribution is 0.597. The highest BCUT2D eigenvalue weighted by molar-refractivity contribution is 7.89. The Morgan fingerprint density at radius 3 is 2.70 bits per heavy atom. The molecule has 0 saturated heterocycles. The minimum Gasteiger partial charge on any atom is -0.363 e. The molecule has 0 spiro atoms. The van der Waals surface area contributed by atoms with Crippen LogP contribution in [0.25, 0.3) is 16.7 Å². The number of hydrogen-bond acceptors (Lipinski definition) is 6. The molecule has 0 saturated carbocycles. The third-order valence-corrected chi connectivity index (χ3v) is 6.56. The summed E-state index contributed by atoms with van der Waals surface area (Å²) in [6.07, 6.45) is 0.716. The van der Waals surface area contributed by atoms with E-state index in [1.807, 2.05) is 29.5 Å². The zero-order valence-corrected chi connectivity index (χ0v) is 17.3. The lowest BCUT2D eigenvalue weighted by Gasteiger charge is -2.19. The number of nitrogens with two attached hydrogens (primary N) is 1. The van der Waals surface area contributed by atoms with Crippen molar-refractivity contribution in [2.45, 2.75) is 24.8 Å². The molecule has 2 N–H and O–H groups in total. The van der Waals surface area contributed by atoms with E-state index in [4.69, 9.17) is 5.14 Å². The maximum Gasteiger partial charge on any atom is 0.262 e. The van der Waals surface area contributed by atoms with Crippen LogP contribution in [0, 0.1) is 6.92 Å². The molecule has 3 heterocycles. The quantitative estimate of drug-likeness (QED) is 0.527. The van der Waals surface area contributed by atoms with Gasteiger partial charge in [0.15, 0.2) is 5.82 Å². The molecule has 0 aliphatic carbocycles. The summed E-state index contributed by atoms with van der Waals surface area (Å²) in [5.41, 5.74) is 3.55. The lowest BCUT2D eigenvalue weighted by Crippen LogP contribution is -2.23. The van der Waals surface area contributed by atoms with Gasteiger partial charge in [-0.1, -0.05) is 11.6 Å². The maximum absolute atomic E-state index is 12.7. The molecule has 9 nitrogen and oxygen atoms in total. The van der Waals surface area contributed by atoms with Gasteiger partial charge in [0, 0.05) is 19.3 Å². The van der Waals surface area contributed by atoms with Crippen molar-refractivity contribution in [3.63, 3.8) is 0 Å². The Morgan fingerprint density at radius 1 is 1.13 bits per heavy atom. The highest BCUT2D eigenvalue weighted by Crippen LogP contribution is 2.31. The van der Waals surface area contributed by atoms with Gasteiger partial charge in [-0.25, -0.2) is 13.6 Å². The Labute approximate surface area is 172 Å². The molecule has 30 heavy (non-hydrogen) atoms. The first-order valence-electron chi connectivity index (χ1n) is 9.48. The summed E-state index contributed by atoms with van der Waals surface area (Å²) >= 11 is 0. The number of rotatable bonds is 3. The number of aryl methyl sites for hydroxylation is 2. The van der Waals surface area contributed by atoms with Gasteiger partial charge in [0.1, 0.15) is 0 Å². The van der Waals surface area contributed by atoms with Crippen LogP contribution in [0.4, 0.5) is 5.69 Å². The molecule has 0 fully saturated rings. The van der Waals surface area contributed by atoms with E-state index in [1.54, 1.807) is 19.2 Å². The molecule has 0 bridgehead atoms. The second kappa shape index (κ2) is 6.38. The predicted octanol–water partition coefficient (Wildman–Crippen LogP) is 1.10. The highest BCUT2D eigenvalue weighted by atomic mass is 32.2.